The molecule has 2 aromatic rings. The second-order valence-corrected chi connectivity index (χ2v) is 2.51. The number of aromatic nitrogens is 2. The molecular weight excluding hydrogens is 148 g/mol. The molecule has 0 radical (unpaired) electrons. The highest BCUT2D eigenvalue weighted by Gasteiger charge is 1.98. The highest BCUT2D eigenvalue weighted by atomic mass is 14.9. The number of pyridine rings is 1. The SMILES string of the molecule is [2H]C([2H])([2H])n1cccc1-c1cccnc1. The fraction of sp³-hybridized carbons (Fsp3) is 0.100. The van der Waals surface area contributed by atoms with Crippen molar-refractivity contribution in [3.63, 3.8) is 0 Å². The zero-order valence-corrected chi connectivity index (χ0v) is 6.44. The molecule has 0 N–H and O–H groups in total. The normalized spacial score (nSPS) is 14.8. The van der Waals surface area contributed by atoms with E-state index in [0.717, 1.165) is 5.56 Å². The van der Waals surface area contributed by atoms with Crippen LogP contribution >= 0.6 is 0 Å². The summed E-state index contributed by atoms with van der Waals surface area (Å²) in [7, 11) is 0. The average molecular weight is 161 g/mol. The summed E-state index contributed by atoms with van der Waals surface area (Å²) in [5.41, 5.74) is 1.46. The van der Waals surface area contributed by atoms with Crippen LogP contribution in [-0.4, -0.2) is 9.55 Å². The molecule has 2 heteroatoms. The zero-order valence-electron chi connectivity index (χ0n) is 9.44. The van der Waals surface area contributed by atoms with Crippen molar-refractivity contribution < 1.29 is 4.11 Å². The van der Waals surface area contributed by atoms with Crippen molar-refractivity contribution in [3.05, 3.63) is 42.9 Å². The molecule has 0 aromatic carbocycles. The lowest BCUT2D eigenvalue weighted by atomic mass is 10.2. The van der Waals surface area contributed by atoms with E-state index in [4.69, 9.17) is 4.11 Å². The molecule has 2 nitrogen and oxygen atoms in total. The summed E-state index contributed by atoms with van der Waals surface area (Å²) in [6.07, 6.45) is 4.86. The standard InChI is InChI=1S/C10H10N2/c1-12-7-3-5-10(12)9-4-2-6-11-8-9/h2-8H,1H3/i1D3. The minimum absolute atomic E-state index is 0.656. The molecule has 0 bridgehead atoms. The Labute approximate surface area is 75.7 Å². The van der Waals surface area contributed by atoms with Gasteiger partial charge in [-0.3, -0.25) is 4.98 Å². The molecule has 0 saturated heterocycles. The summed E-state index contributed by atoms with van der Waals surface area (Å²) in [6, 6.07) is 7.11. The Hall–Kier alpha value is -1.57. The Morgan fingerprint density at radius 1 is 1.42 bits per heavy atom. The van der Waals surface area contributed by atoms with Crippen LogP contribution in [0.15, 0.2) is 42.9 Å². The lowest BCUT2D eigenvalue weighted by Crippen LogP contribution is -1.88. The Kier molecular flexibility index (Phi) is 1.04. The van der Waals surface area contributed by atoms with Gasteiger partial charge in [-0.1, -0.05) is 0 Å². The first-order valence-corrected chi connectivity index (χ1v) is 3.67. The number of aryl methyl sites for hydroxylation is 1. The molecule has 0 fully saturated rings. The molecule has 12 heavy (non-hydrogen) atoms. The number of hydrogen-bond acceptors (Lipinski definition) is 1. The van der Waals surface area contributed by atoms with Crippen LogP contribution in [-0.2, 0) is 6.98 Å². The fourth-order valence-electron chi connectivity index (χ4n) is 1.13. The van der Waals surface area contributed by atoms with Gasteiger partial charge < -0.3 is 4.57 Å². The van der Waals surface area contributed by atoms with Crippen molar-refractivity contribution in [2.75, 3.05) is 0 Å². The number of nitrogens with zero attached hydrogens (tertiary/aromatic N) is 2. The summed E-state index contributed by atoms with van der Waals surface area (Å²) in [6.45, 7) is -2.14. The van der Waals surface area contributed by atoms with Crippen molar-refractivity contribution in [2.24, 2.45) is 6.98 Å². The predicted octanol–water partition coefficient (Wildman–Crippen LogP) is 2.09. The number of rotatable bonds is 1. The minimum atomic E-state index is -2.14. The zero-order chi connectivity index (χ0) is 10.9. The van der Waals surface area contributed by atoms with Gasteiger partial charge in [0, 0.05) is 40.9 Å². The van der Waals surface area contributed by atoms with E-state index in [1.807, 2.05) is 6.07 Å². The molecule has 2 aromatic heterocycles. The predicted molar refractivity (Wildman–Crippen MR) is 48.6 cm³/mol. The van der Waals surface area contributed by atoms with E-state index >= 15 is 0 Å². The lowest BCUT2D eigenvalue weighted by molar-refractivity contribution is 0.936. The third-order valence-electron chi connectivity index (χ3n) is 1.71. The maximum atomic E-state index is 7.36. The van der Waals surface area contributed by atoms with Gasteiger partial charge in [0.05, 0.1) is 0 Å². The van der Waals surface area contributed by atoms with Crippen LogP contribution in [0.3, 0.4) is 0 Å². The largest absolute Gasteiger partial charge is 0.351 e. The monoisotopic (exact) mass is 161 g/mol. The van der Waals surface area contributed by atoms with E-state index in [9.17, 15) is 0 Å². The van der Waals surface area contributed by atoms with Crippen LogP contribution in [0.5, 0.6) is 0 Å². The molecule has 0 aliphatic carbocycles. The first kappa shape index (κ1) is 4.45. The van der Waals surface area contributed by atoms with E-state index in [1.54, 1.807) is 36.8 Å². The molecule has 0 unspecified atom stereocenters. The second kappa shape index (κ2) is 2.81. The van der Waals surface area contributed by atoms with E-state index in [0.29, 0.717) is 5.69 Å². The van der Waals surface area contributed by atoms with Gasteiger partial charge in [0.25, 0.3) is 0 Å². The van der Waals surface area contributed by atoms with Crippen molar-refractivity contribution in [1.29, 1.82) is 0 Å². The van der Waals surface area contributed by atoms with Gasteiger partial charge in [-0.2, -0.15) is 0 Å². The molecule has 2 rings (SSSR count). The minimum Gasteiger partial charge on any atom is -0.351 e. The summed E-state index contributed by atoms with van der Waals surface area (Å²) >= 11 is 0. The Bertz CT molecular complexity index is 445. The maximum absolute atomic E-state index is 7.36. The lowest BCUT2D eigenvalue weighted by Gasteiger charge is -2.01. The molecule has 2 heterocycles. The van der Waals surface area contributed by atoms with Crippen LogP contribution in [0.2, 0.25) is 0 Å². The van der Waals surface area contributed by atoms with Gasteiger partial charge in [0.2, 0.25) is 0 Å². The summed E-state index contributed by atoms with van der Waals surface area (Å²) < 4.78 is 23.3. The third-order valence-corrected chi connectivity index (χ3v) is 1.71. The van der Waals surface area contributed by atoms with Crippen molar-refractivity contribution in [1.82, 2.24) is 9.55 Å². The summed E-state index contributed by atoms with van der Waals surface area (Å²) in [4.78, 5) is 3.97. The molecular formula is C10H10N2. The van der Waals surface area contributed by atoms with Crippen LogP contribution < -0.4 is 0 Å². The highest BCUT2D eigenvalue weighted by Crippen LogP contribution is 2.16. The Morgan fingerprint density at radius 3 is 3.17 bits per heavy atom. The van der Waals surface area contributed by atoms with Crippen LogP contribution in [0, 0.1) is 0 Å². The van der Waals surface area contributed by atoms with Gasteiger partial charge in [0.1, 0.15) is 0 Å². The molecule has 60 valence electrons. The van der Waals surface area contributed by atoms with Gasteiger partial charge in [-0.15, -0.1) is 0 Å². The smallest absolute Gasteiger partial charge is 0.0493 e. The van der Waals surface area contributed by atoms with Gasteiger partial charge in [-0.25, -0.2) is 0 Å². The van der Waals surface area contributed by atoms with Gasteiger partial charge in [-0.05, 0) is 24.3 Å². The van der Waals surface area contributed by atoms with Crippen molar-refractivity contribution in [3.8, 4) is 11.3 Å². The molecule has 0 amide bonds. The van der Waals surface area contributed by atoms with Crippen LogP contribution in [0.25, 0.3) is 11.3 Å². The third kappa shape index (κ3) is 1.11. The molecule has 0 spiro atoms. The van der Waals surface area contributed by atoms with Crippen LogP contribution in [0.4, 0.5) is 0 Å². The van der Waals surface area contributed by atoms with E-state index in [2.05, 4.69) is 4.98 Å². The molecule has 0 atom stereocenters. The molecule has 0 aliphatic heterocycles. The topological polar surface area (TPSA) is 17.8 Å². The number of hydrogen-bond donors (Lipinski definition) is 0. The first-order valence-electron chi connectivity index (χ1n) is 5.17. The van der Waals surface area contributed by atoms with Gasteiger partial charge in [0.15, 0.2) is 0 Å². The first-order chi connectivity index (χ1) is 7.09. The maximum Gasteiger partial charge on any atom is 0.0493 e. The highest BCUT2D eigenvalue weighted by molar-refractivity contribution is 5.58. The Balaban J connectivity index is 2.51. The van der Waals surface area contributed by atoms with Crippen molar-refractivity contribution >= 4 is 0 Å². The van der Waals surface area contributed by atoms with E-state index in [1.165, 1.54) is 4.57 Å². The second-order valence-electron chi connectivity index (χ2n) is 2.51. The quantitative estimate of drug-likeness (QED) is 0.626. The van der Waals surface area contributed by atoms with E-state index < -0.39 is 6.98 Å². The Morgan fingerprint density at radius 2 is 2.42 bits per heavy atom. The van der Waals surface area contributed by atoms with E-state index in [-0.39, 0.29) is 0 Å². The molecule has 0 aliphatic rings. The van der Waals surface area contributed by atoms with Crippen LogP contribution in [0.1, 0.15) is 4.11 Å². The van der Waals surface area contributed by atoms with Gasteiger partial charge >= 0.3 is 0 Å². The average Bonchev–Trinajstić information content (AvgIpc) is 2.67. The van der Waals surface area contributed by atoms with Crippen molar-refractivity contribution in [2.45, 2.75) is 0 Å². The fourth-order valence-corrected chi connectivity index (χ4v) is 1.13. The summed E-state index contributed by atoms with van der Waals surface area (Å²) in [5, 5.41) is 0. The molecule has 0 saturated carbocycles. The summed E-state index contributed by atoms with van der Waals surface area (Å²) in [5.74, 6) is 0.